The van der Waals surface area contributed by atoms with E-state index >= 15 is 0 Å². The molecule has 5 rings (SSSR count). The second-order valence-corrected chi connectivity index (χ2v) is 9.52. The minimum absolute atomic E-state index is 0.0368. The van der Waals surface area contributed by atoms with Crippen LogP contribution in [-0.2, 0) is 19.0 Å². The highest BCUT2D eigenvalue weighted by molar-refractivity contribution is 6.00. The highest BCUT2D eigenvalue weighted by atomic mass is 19.4. The normalized spacial score (nSPS) is 13.8. The lowest BCUT2D eigenvalue weighted by Gasteiger charge is -2.36. The first-order chi connectivity index (χ1) is 19.0. The zero-order valence-corrected chi connectivity index (χ0v) is 21.3. The number of alkyl halides is 3. The van der Waals surface area contributed by atoms with Crippen molar-refractivity contribution in [1.82, 2.24) is 20.2 Å². The third-order valence-electron chi connectivity index (χ3n) is 6.53. The number of nitrogens with one attached hydrogen (secondary N) is 2. The van der Waals surface area contributed by atoms with Gasteiger partial charge in [0.1, 0.15) is 23.3 Å². The summed E-state index contributed by atoms with van der Waals surface area (Å²) in [6.45, 7) is 2.74. The quantitative estimate of drug-likeness (QED) is 0.240. The molecule has 3 heterocycles. The van der Waals surface area contributed by atoms with Gasteiger partial charge >= 0.3 is 6.18 Å². The molecule has 40 heavy (non-hydrogen) atoms. The van der Waals surface area contributed by atoms with Crippen LogP contribution in [0.2, 0.25) is 0 Å². The van der Waals surface area contributed by atoms with Crippen LogP contribution in [-0.4, -0.2) is 50.4 Å². The molecule has 4 aromatic rings. The summed E-state index contributed by atoms with van der Waals surface area (Å²) in [6.07, 6.45) is -4.67. The first kappa shape index (κ1) is 27.1. The zero-order chi connectivity index (χ0) is 28.6. The summed E-state index contributed by atoms with van der Waals surface area (Å²) < 4.78 is 55.9. The maximum absolute atomic E-state index is 14.7. The van der Waals surface area contributed by atoms with E-state index in [9.17, 15) is 27.5 Å². The van der Waals surface area contributed by atoms with E-state index < -0.39 is 23.5 Å². The van der Waals surface area contributed by atoms with Gasteiger partial charge in [-0.1, -0.05) is 12.1 Å². The number of H-pyrrole nitrogens is 1. The molecule has 1 saturated heterocycles. The summed E-state index contributed by atoms with van der Waals surface area (Å²) >= 11 is 0. The number of aliphatic hydroxyl groups excluding tert-OH is 1. The Hall–Kier alpha value is -4.52. The van der Waals surface area contributed by atoms with Crippen LogP contribution in [0.4, 0.5) is 35.0 Å². The van der Waals surface area contributed by atoms with Crippen molar-refractivity contribution in [1.29, 1.82) is 0 Å². The van der Waals surface area contributed by atoms with Gasteiger partial charge < -0.3 is 21.1 Å². The van der Waals surface area contributed by atoms with Gasteiger partial charge in [-0.2, -0.15) is 18.3 Å². The molecule has 0 bridgehead atoms. The summed E-state index contributed by atoms with van der Waals surface area (Å²) in [7, 11) is 0. The smallest absolute Gasteiger partial charge is 0.389 e. The summed E-state index contributed by atoms with van der Waals surface area (Å²) in [5.74, 6) is 0.582. The van der Waals surface area contributed by atoms with E-state index in [1.54, 1.807) is 19.1 Å². The van der Waals surface area contributed by atoms with Gasteiger partial charge in [-0.05, 0) is 55.2 Å². The van der Waals surface area contributed by atoms with Crippen LogP contribution in [0.3, 0.4) is 0 Å². The number of β-amino-alcohol motifs (C(OH)–C–C–N with tert-alkyl or cyclic N) is 1. The number of amides is 1. The number of anilines is 3. The monoisotopic (exact) mass is 555 g/mol. The molecule has 13 heteroatoms. The Morgan fingerprint density at radius 3 is 2.60 bits per heavy atom. The maximum Gasteiger partial charge on any atom is 0.417 e. The van der Waals surface area contributed by atoms with Crippen molar-refractivity contribution in [2.24, 2.45) is 5.73 Å². The molecule has 1 amide bonds. The second kappa shape index (κ2) is 10.6. The van der Waals surface area contributed by atoms with Crippen LogP contribution in [0.25, 0.3) is 11.1 Å². The van der Waals surface area contributed by atoms with Crippen LogP contribution in [0.5, 0.6) is 0 Å². The van der Waals surface area contributed by atoms with Crippen molar-refractivity contribution in [3.8, 4) is 11.1 Å². The maximum atomic E-state index is 14.7. The topological polar surface area (TPSA) is 133 Å². The number of halogens is 4. The summed E-state index contributed by atoms with van der Waals surface area (Å²) in [5.41, 5.74) is 4.49. The molecule has 2 aromatic heterocycles. The lowest BCUT2D eigenvalue weighted by Crippen LogP contribution is -2.51. The fraction of sp³-hybridized carbons (Fsp3) is 0.259. The minimum Gasteiger partial charge on any atom is -0.389 e. The Kier molecular flexibility index (Phi) is 7.15. The van der Waals surface area contributed by atoms with Crippen molar-refractivity contribution in [3.05, 3.63) is 82.6 Å². The predicted octanol–water partition coefficient (Wildman–Crippen LogP) is 4.14. The van der Waals surface area contributed by atoms with Gasteiger partial charge in [0.05, 0.1) is 11.7 Å². The van der Waals surface area contributed by atoms with E-state index in [2.05, 4.69) is 25.5 Å². The van der Waals surface area contributed by atoms with Crippen LogP contribution in [0.15, 0.2) is 48.5 Å². The van der Waals surface area contributed by atoms with Gasteiger partial charge in [0.15, 0.2) is 5.82 Å². The van der Waals surface area contributed by atoms with Crippen molar-refractivity contribution in [2.45, 2.75) is 32.0 Å². The van der Waals surface area contributed by atoms with Gasteiger partial charge in [-0.15, -0.1) is 0 Å². The summed E-state index contributed by atoms with van der Waals surface area (Å²) in [5, 5.41) is 19.7. The number of benzene rings is 2. The second-order valence-electron chi connectivity index (χ2n) is 9.52. The van der Waals surface area contributed by atoms with E-state index in [0.717, 1.165) is 18.2 Å². The average Bonchev–Trinajstić information content (AvgIpc) is 3.32. The molecule has 208 valence electrons. The largest absolute Gasteiger partial charge is 0.417 e. The summed E-state index contributed by atoms with van der Waals surface area (Å²) in [4.78, 5) is 22.6. The fourth-order valence-electron chi connectivity index (χ4n) is 4.60. The van der Waals surface area contributed by atoms with E-state index in [0.29, 0.717) is 48.5 Å². The highest BCUT2D eigenvalue weighted by Crippen LogP contribution is 2.39. The molecule has 0 radical (unpaired) electrons. The SMILES string of the molecule is Cc1nc(Nc2cc(CCc3cc(-c4c(C(N)=O)cccc4C(F)(F)F)ccc3F)[nH]n2)cc(N2CC(O)C2)n1. The Labute approximate surface area is 226 Å². The molecule has 0 atom stereocenters. The minimum atomic E-state index is -4.74. The molecule has 9 nitrogen and oxygen atoms in total. The average molecular weight is 556 g/mol. The number of hydrogen-bond donors (Lipinski definition) is 4. The number of aliphatic hydroxyl groups is 1. The molecule has 0 aliphatic carbocycles. The molecule has 1 aliphatic heterocycles. The van der Waals surface area contributed by atoms with Gasteiger partial charge in [-0.3, -0.25) is 9.89 Å². The van der Waals surface area contributed by atoms with Crippen molar-refractivity contribution >= 4 is 23.4 Å². The number of primary amides is 1. The van der Waals surface area contributed by atoms with Crippen molar-refractivity contribution in [2.75, 3.05) is 23.3 Å². The van der Waals surface area contributed by atoms with Crippen LogP contribution in [0, 0.1) is 12.7 Å². The van der Waals surface area contributed by atoms with Gasteiger partial charge in [0.25, 0.3) is 0 Å². The molecular formula is C27H25F4N7O2. The fourth-order valence-corrected chi connectivity index (χ4v) is 4.60. The molecular weight excluding hydrogens is 530 g/mol. The first-order valence-electron chi connectivity index (χ1n) is 12.4. The van der Waals surface area contributed by atoms with Gasteiger partial charge in [0, 0.05) is 42.0 Å². The zero-order valence-electron chi connectivity index (χ0n) is 21.3. The molecule has 0 saturated carbocycles. The number of aromatic nitrogens is 4. The van der Waals surface area contributed by atoms with E-state index in [-0.39, 0.29) is 34.8 Å². The molecule has 2 aromatic carbocycles. The number of hydrogen-bond acceptors (Lipinski definition) is 7. The molecule has 1 fully saturated rings. The van der Waals surface area contributed by atoms with Gasteiger partial charge in [0.2, 0.25) is 5.91 Å². The Bertz CT molecular complexity index is 1560. The molecule has 0 unspecified atom stereocenters. The lowest BCUT2D eigenvalue weighted by molar-refractivity contribution is -0.137. The molecule has 5 N–H and O–H groups in total. The van der Waals surface area contributed by atoms with E-state index in [1.807, 2.05) is 4.90 Å². The first-order valence-corrected chi connectivity index (χ1v) is 12.4. The number of rotatable bonds is 8. The van der Waals surface area contributed by atoms with Crippen molar-refractivity contribution < 1.29 is 27.5 Å². The third-order valence-corrected chi connectivity index (χ3v) is 6.53. The summed E-state index contributed by atoms with van der Waals surface area (Å²) in [6, 6.07) is 10.2. The Morgan fingerprint density at radius 1 is 1.12 bits per heavy atom. The number of aromatic amines is 1. The van der Waals surface area contributed by atoms with Crippen LogP contribution < -0.4 is 16.0 Å². The van der Waals surface area contributed by atoms with Gasteiger partial charge in [-0.25, -0.2) is 14.4 Å². The Balaban J connectivity index is 1.33. The van der Waals surface area contributed by atoms with Crippen LogP contribution >= 0.6 is 0 Å². The van der Waals surface area contributed by atoms with Crippen molar-refractivity contribution in [3.63, 3.8) is 0 Å². The van der Waals surface area contributed by atoms with E-state index in [4.69, 9.17) is 5.73 Å². The number of aryl methyl sites for hydroxylation is 3. The predicted molar refractivity (Wildman–Crippen MR) is 140 cm³/mol. The molecule has 1 aliphatic rings. The Morgan fingerprint density at radius 2 is 1.90 bits per heavy atom. The number of carbonyl (C=O) groups excluding carboxylic acids is 1. The highest BCUT2D eigenvalue weighted by Gasteiger charge is 2.35. The number of nitrogens with two attached hydrogens (primary N) is 1. The molecule has 0 spiro atoms. The van der Waals surface area contributed by atoms with E-state index in [1.165, 1.54) is 18.2 Å². The third kappa shape index (κ3) is 5.73. The van der Waals surface area contributed by atoms with Crippen LogP contribution in [0.1, 0.15) is 33.0 Å². The number of nitrogens with zero attached hydrogens (tertiary/aromatic N) is 4. The lowest BCUT2D eigenvalue weighted by atomic mass is 9.91. The number of carbonyl (C=O) groups is 1. The standard InChI is InChI=1S/C27H25F4N7O2/c1-14-33-22(11-24(34-14)38-12-18(39)13-38)35-23-10-17(36-37-23)7-5-15-9-16(6-8-21(15)28)25-19(26(32)40)3-2-4-20(25)27(29,30)31/h2-4,6,8-11,18,39H,5,7,12-13H2,1H3,(H2,32,40)(H2,33,34,35,36,37).